The van der Waals surface area contributed by atoms with Crippen LogP contribution < -0.4 is 10.2 Å². The Labute approximate surface area is 180 Å². The molecule has 2 aliphatic heterocycles. The van der Waals surface area contributed by atoms with Crippen LogP contribution in [0, 0.1) is 0 Å². The highest BCUT2D eigenvalue weighted by Crippen LogP contribution is 2.35. The molecule has 2 aliphatic rings. The van der Waals surface area contributed by atoms with Crippen LogP contribution in [0.5, 0.6) is 0 Å². The fourth-order valence-corrected chi connectivity index (χ4v) is 5.43. The number of nitrogens with one attached hydrogen (secondary N) is 2. The Hall–Kier alpha value is -3.20. The van der Waals surface area contributed by atoms with Gasteiger partial charge in [-0.15, -0.1) is 4.40 Å². The number of nitrogens with zero attached hydrogens (tertiary/aromatic N) is 3. The molecule has 1 amide bonds. The summed E-state index contributed by atoms with van der Waals surface area (Å²) in [5.74, 6) is 0.872. The second kappa shape index (κ2) is 7.49. The number of amidine groups is 1. The summed E-state index contributed by atoms with van der Waals surface area (Å²) in [5.41, 5.74) is 2.60. The average Bonchev–Trinajstić information content (AvgIpc) is 3.06. The number of fused-ring (bicyclic) bond motifs is 4. The van der Waals surface area contributed by atoms with Crippen LogP contribution in [-0.2, 0) is 10.0 Å². The van der Waals surface area contributed by atoms with Gasteiger partial charge in [0.2, 0.25) is 0 Å². The number of amides is 1. The summed E-state index contributed by atoms with van der Waals surface area (Å²) in [6, 6.07) is 12.1. The summed E-state index contributed by atoms with van der Waals surface area (Å²) < 4.78 is 29.6. The number of sulfonamides is 1. The van der Waals surface area contributed by atoms with E-state index < -0.39 is 10.0 Å². The Kier molecular flexibility index (Phi) is 4.77. The topological polar surface area (TPSA) is 108 Å². The van der Waals surface area contributed by atoms with Crippen LogP contribution in [0.3, 0.4) is 0 Å². The number of imidazole rings is 1. The molecule has 3 heterocycles. The molecule has 1 aromatic heterocycles. The lowest BCUT2D eigenvalue weighted by molar-refractivity contribution is 0.0938. The van der Waals surface area contributed by atoms with Crippen molar-refractivity contribution in [1.29, 1.82) is 0 Å². The molecule has 0 saturated carbocycles. The number of hydrogen-bond donors (Lipinski definition) is 2. The smallest absolute Gasteiger partial charge is 0.286 e. The minimum atomic E-state index is -3.83. The summed E-state index contributed by atoms with van der Waals surface area (Å²) in [6.45, 7) is 2.56. The Morgan fingerprint density at radius 3 is 2.84 bits per heavy atom. The van der Waals surface area contributed by atoms with E-state index in [2.05, 4.69) is 19.7 Å². The maximum Gasteiger partial charge on any atom is 0.286 e. The van der Waals surface area contributed by atoms with Crippen molar-refractivity contribution in [2.75, 3.05) is 11.4 Å². The summed E-state index contributed by atoms with van der Waals surface area (Å²) in [4.78, 5) is 22.7. The largest absolute Gasteiger partial charge is 0.342 e. The molecule has 2 N–H and O–H groups in total. The van der Waals surface area contributed by atoms with Gasteiger partial charge in [-0.25, -0.2) is 4.98 Å². The van der Waals surface area contributed by atoms with E-state index in [9.17, 15) is 13.2 Å². The van der Waals surface area contributed by atoms with Crippen molar-refractivity contribution in [2.24, 2.45) is 4.40 Å². The van der Waals surface area contributed by atoms with Crippen LogP contribution >= 0.6 is 0 Å². The first-order valence-corrected chi connectivity index (χ1v) is 11.9. The number of H-pyrrole nitrogens is 1. The molecule has 3 aromatic rings. The van der Waals surface area contributed by atoms with Crippen molar-refractivity contribution >= 4 is 38.5 Å². The molecule has 0 bridgehead atoms. The fourth-order valence-electron chi connectivity index (χ4n) is 4.15. The number of benzene rings is 2. The third-order valence-corrected chi connectivity index (χ3v) is 7.11. The van der Waals surface area contributed by atoms with Crippen LogP contribution in [0.25, 0.3) is 11.0 Å². The van der Waals surface area contributed by atoms with Crippen molar-refractivity contribution in [3.8, 4) is 0 Å². The number of hydrogen-bond acceptors (Lipinski definition) is 5. The van der Waals surface area contributed by atoms with Crippen LogP contribution in [0.15, 0.2) is 51.8 Å². The second-order valence-electron chi connectivity index (χ2n) is 7.96. The third kappa shape index (κ3) is 3.59. The summed E-state index contributed by atoms with van der Waals surface area (Å²) >= 11 is 0. The quantitative estimate of drug-likeness (QED) is 0.652. The van der Waals surface area contributed by atoms with Crippen molar-refractivity contribution in [1.82, 2.24) is 15.3 Å². The van der Waals surface area contributed by atoms with Gasteiger partial charge in [0.25, 0.3) is 15.9 Å². The van der Waals surface area contributed by atoms with Crippen LogP contribution in [-0.4, -0.2) is 36.7 Å². The molecule has 8 nitrogen and oxygen atoms in total. The van der Waals surface area contributed by atoms with Crippen molar-refractivity contribution < 1.29 is 13.2 Å². The van der Waals surface area contributed by atoms with E-state index in [1.54, 1.807) is 12.1 Å². The van der Waals surface area contributed by atoms with Gasteiger partial charge in [0.1, 0.15) is 16.6 Å². The first kappa shape index (κ1) is 19.7. The Morgan fingerprint density at radius 1 is 1.16 bits per heavy atom. The molecule has 0 aliphatic carbocycles. The van der Waals surface area contributed by atoms with Crippen LogP contribution in [0.4, 0.5) is 5.69 Å². The number of aromatic nitrogens is 2. The van der Waals surface area contributed by atoms with Gasteiger partial charge in [0.05, 0.1) is 22.8 Å². The molecule has 0 spiro atoms. The lowest BCUT2D eigenvalue weighted by Crippen LogP contribution is -2.35. The molecule has 9 heteroatoms. The molecule has 1 atom stereocenters. The van der Waals surface area contributed by atoms with Gasteiger partial charge in [-0.2, -0.15) is 8.42 Å². The fraction of sp³-hybridized carbons (Fsp3) is 0.318. The lowest BCUT2D eigenvalue weighted by atomic mass is 10.1. The molecule has 1 fully saturated rings. The third-order valence-electron chi connectivity index (χ3n) is 5.78. The maximum absolute atomic E-state index is 12.9. The predicted molar refractivity (Wildman–Crippen MR) is 119 cm³/mol. The highest BCUT2D eigenvalue weighted by atomic mass is 32.2. The zero-order valence-corrected chi connectivity index (χ0v) is 17.9. The first-order valence-electron chi connectivity index (χ1n) is 10.4. The maximum atomic E-state index is 12.9. The van der Waals surface area contributed by atoms with E-state index in [1.807, 2.05) is 36.1 Å². The van der Waals surface area contributed by atoms with Crippen LogP contribution in [0.2, 0.25) is 0 Å². The monoisotopic (exact) mass is 437 g/mol. The normalized spacial score (nSPS) is 18.5. The van der Waals surface area contributed by atoms with Gasteiger partial charge in [0, 0.05) is 18.5 Å². The van der Waals surface area contributed by atoms with Crippen molar-refractivity contribution in [2.45, 2.75) is 43.5 Å². The average molecular weight is 438 g/mol. The molecule has 0 unspecified atom stereocenters. The minimum absolute atomic E-state index is 0.0854. The number of para-hydroxylation sites is 2. The Balaban J connectivity index is 1.42. The molecule has 2 aromatic carbocycles. The van der Waals surface area contributed by atoms with Gasteiger partial charge in [-0.05, 0) is 50.1 Å². The van der Waals surface area contributed by atoms with Gasteiger partial charge < -0.3 is 15.2 Å². The van der Waals surface area contributed by atoms with Gasteiger partial charge in [0.15, 0.2) is 0 Å². The van der Waals surface area contributed by atoms with E-state index in [-0.39, 0.29) is 22.4 Å². The summed E-state index contributed by atoms with van der Waals surface area (Å²) in [6.07, 6.45) is 3.61. The highest BCUT2D eigenvalue weighted by Gasteiger charge is 2.32. The van der Waals surface area contributed by atoms with Gasteiger partial charge in [-0.3, -0.25) is 4.79 Å². The zero-order valence-electron chi connectivity index (χ0n) is 17.1. The minimum Gasteiger partial charge on any atom is -0.342 e. The van der Waals surface area contributed by atoms with E-state index in [4.69, 9.17) is 0 Å². The molecule has 1 saturated heterocycles. The molecular weight excluding hydrogens is 414 g/mol. The lowest BCUT2D eigenvalue weighted by Gasteiger charge is -2.29. The molecule has 0 radical (unpaired) electrons. The number of carbonyl (C=O) groups is 1. The Morgan fingerprint density at radius 2 is 2.00 bits per heavy atom. The first-order chi connectivity index (χ1) is 14.9. The SMILES string of the molecule is C[C@@H](NC(=O)c1ccc2c(c1)S(=O)(=O)N=C1CCCCCN12)c1nc2ccccc2[nH]1. The van der Waals surface area contributed by atoms with Gasteiger partial charge >= 0.3 is 0 Å². The number of carbonyl (C=O) groups excluding carboxylic acids is 1. The number of aromatic amines is 1. The molecule has 31 heavy (non-hydrogen) atoms. The summed E-state index contributed by atoms with van der Waals surface area (Å²) in [7, 11) is -3.83. The van der Waals surface area contributed by atoms with Crippen molar-refractivity contribution in [3.05, 3.63) is 53.9 Å². The van der Waals surface area contributed by atoms with Crippen LogP contribution in [0.1, 0.15) is 54.8 Å². The predicted octanol–water partition coefficient (Wildman–Crippen LogP) is 3.54. The summed E-state index contributed by atoms with van der Waals surface area (Å²) in [5, 5.41) is 2.90. The Bertz CT molecular complexity index is 1280. The van der Waals surface area contributed by atoms with Gasteiger partial charge in [-0.1, -0.05) is 18.6 Å². The molecule has 5 rings (SSSR count). The van der Waals surface area contributed by atoms with E-state index in [1.165, 1.54) is 6.07 Å². The standard InChI is InChI=1S/C22H23N5O3S/c1-14(21-24-16-7-4-5-8-17(16)25-21)23-22(28)15-10-11-18-19(13-15)31(29,30)26-20-9-3-2-6-12-27(18)20/h4-5,7-8,10-11,13-14H,2-3,6,9,12H2,1H3,(H,23,28)(H,24,25)/t14-/m1/s1. The second-order valence-corrected chi connectivity index (χ2v) is 9.53. The molecule has 160 valence electrons. The highest BCUT2D eigenvalue weighted by molar-refractivity contribution is 7.90. The number of rotatable bonds is 3. The van der Waals surface area contributed by atoms with E-state index in [0.717, 1.165) is 36.8 Å². The van der Waals surface area contributed by atoms with E-state index in [0.29, 0.717) is 23.8 Å². The van der Waals surface area contributed by atoms with Crippen molar-refractivity contribution in [3.63, 3.8) is 0 Å². The number of anilines is 1. The zero-order chi connectivity index (χ0) is 21.6. The van der Waals surface area contributed by atoms with E-state index >= 15 is 0 Å². The molecular formula is C22H23N5O3S.